The van der Waals surface area contributed by atoms with Crippen molar-refractivity contribution in [3.63, 3.8) is 0 Å². The van der Waals surface area contributed by atoms with Crippen LogP contribution in [-0.4, -0.2) is 34.7 Å². The standard InChI is InChI=1S/C17H22N4O3/c1-4-9-18-17(23)16-13(10-19-21(16)3)20-15(22)11-24-14-8-6-5-7-12(14)2/h5-8,10H,4,9,11H2,1-3H3,(H,18,23)(H,20,22). The van der Waals surface area contributed by atoms with Crippen molar-refractivity contribution in [1.29, 1.82) is 0 Å². The van der Waals surface area contributed by atoms with Crippen LogP contribution in [0, 0.1) is 6.92 Å². The molecule has 0 aliphatic carbocycles. The third-order valence-electron chi connectivity index (χ3n) is 3.42. The second-order valence-corrected chi connectivity index (χ2v) is 5.39. The van der Waals surface area contributed by atoms with Gasteiger partial charge in [0.15, 0.2) is 6.61 Å². The lowest BCUT2D eigenvalue weighted by atomic mass is 10.2. The van der Waals surface area contributed by atoms with Gasteiger partial charge in [-0.2, -0.15) is 5.10 Å². The van der Waals surface area contributed by atoms with E-state index >= 15 is 0 Å². The van der Waals surface area contributed by atoms with Gasteiger partial charge in [-0.05, 0) is 25.0 Å². The van der Waals surface area contributed by atoms with Gasteiger partial charge in [-0.1, -0.05) is 25.1 Å². The van der Waals surface area contributed by atoms with Crippen molar-refractivity contribution >= 4 is 17.5 Å². The fraction of sp³-hybridized carbons (Fsp3) is 0.353. The lowest BCUT2D eigenvalue weighted by Gasteiger charge is -2.10. The van der Waals surface area contributed by atoms with Crippen molar-refractivity contribution in [1.82, 2.24) is 15.1 Å². The number of ether oxygens (including phenoxy) is 1. The van der Waals surface area contributed by atoms with Crippen LogP contribution < -0.4 is 15.4 Å². The molecule has 7 nitrogen and oxygen atoms in total. The third-order valence-corrected chi connectivity index (χ3v) is 3.42. The highest BCUT2D eigenvalue weighted by molar-refractivity contribution is 6.02. The number of carbonyl (C=O) groups excluding carboxylic acids is 2. The Morgan fingerprint density at radius 2 is 2.04 bits per heavy atom. The van der Waals surface area contributed by atoms with Gasteiger partial charge in [0, 0.05) is 13.6 Å². The molecule has 0 fully saturated rings. The predicted molar refractivity (Wildman–Crippen MR) is 91.1 cm³/mol. The summed E-state index contributed by atoms with van der Waals surface area (Å²) in [4.78, 5) is 24.2. The number of amides is 2. The Bertz CT molecular complexity index is 724. The van der Waals surface area contributed by atoms with Gasteiger partial charge in [0.25, 0.3) is 11.8 Å². The van der Waals surface area contributed by atoms with E-state index < -0.39 is 0 Å². The van der Waals surface area contributed by atoms with Crippen molar-refractivity contribution < 1.29 is 14.3 Å². The Labute approximate surface area is 141 Å². The summed E-state index contributed by atoms with van der Waals surface area (Å²) in [7, 11) is 1.65. The predicted octanol–water partition coefficient (Wildman–Crippen LogP) is 1.89. The molecule has 128 valence electrons. The zero-order chi connectivity index (χ0) is 17.5. The maximum atomic E-state index is 12.2. The van der Waals surface area contributed by atoms with Gasteiger partial charge in [0.1, 0.15) is 11.4 Å². The average molecular weight is 330 g/mol. The molecule has 1 aromatic heterocycles. The van der Waals surface area contributed by atoms with Crippen LogP contribution in [0.4, 0.5) is 5.69 Å². The number of para-hydroxylation sites is 1. The van der Waals surface area contributed by atoms with Gasteiger partial charge in [-0.15, -0.1) is 0 Å². The Hall–Kier alpha value is -2.83. The highest BCUT2D eigenvalue weighted by Gasteiger charge is 2.18. The van der Waals surface area contributed by atoms with E-state index in [9.17, 15) is 9.59 Å². The summed E-state index contributed by atoms with van der Waals surface area (Å²) >= 11 is 0. The first kappa shape index (κ1) is 17.5. The largest absolute Gasteiger partial charge is 0.483 e. The van der Waals surface area contributed by atoms with Crippen LogP contribution in [0.5, 0.6) is 5.75 Å². The van der Waals surface area contributed by atoms with Crippen molar-refractivity contribution in [2.24, 2.45) is 7.05 Å². The van der Waals surface area contributed by atoms with E-state index in [1.807, 2.05) is 32.0 Å². The fourth-order valence-electron chi connectivity index (χ4n) is 2.17. The first-order chi connectivity index (χ1) is 11.5. The van der Waals surface area contributed by atoms with Gasteiger partial charge >= 0.3 is 0 Å². The van der Waals surface area contributed by atoms with Gasteiger partial charge in [-0.3, -0.25) is 14.3 Å². The maximum absolute atomic E-state index is 12.2. The van der Waals surface area contributed by atoms with Gasteiger partial charge < -0.3 is 15.4 Å². The van der Waals surface area contributed by atoms with Crippen LogP contribution in [0.3, 0.4) is 0 Å². The van der Waals surface area contributed by atoms with E-state index in [0.717, 1.165) is 12.0 Å². The molecule has 0 saturated carbocycles. The maximum Gasteiger partial charge on any atom is 0.271 e. The lowest BCUT2D eigenvalue weighted by Crippen LogP contribution is -2.28. The second-order valence-electron chi connectivity index (χ2n) is 5.39. The minimum atomic E-state index is -0.351. The Morgan fingerprint density at radius 1 is 1.29 bits per heavy atom. The van der Waals surface area contributed by atoms with Crippen LogP contribution >= 0.6 is 0 Å². The molecule has 1 aromatic carbocycles. The number of rotatable bonds is 7. The minimum Gasteiger partial charge on any atom is -0.483 e. The van der Waals surface area contributed by atoms with Crippen molar-refractivity contribution in [3.8, 4) is 5.75 Å². The highest BCUT2D eigenvalue weighted by Crippen LogP contribution is 2.17. The van der Waals surface area contributed by atoms with Gasteiger partial charge in [0.2, 0.25) is 0 Å². The number of aryl methyl sites for hydroxylation is 2. The summed E-state index contributed by atoms with van der Waals surface area (Å²) in [6.07, 6.45) is 2.28. The van der Waals surface area contributed by atoms with E-state index in [1.165, 1.54) is 10.9 Å². The van der Waals surface area contributed by atoms with E-state index in [4.69, 9.17) is 4.74 Å². The average Bonchev–Trinajstić information content (AvgIpc) is 2.92. The Balaban J connectivity index is 1.99. The van der Waals surface area contributed by atoms with Crippen LogP contribution in [0.25, 0.3) is 0 Å². The topological polar surface area (TPSA) is 85.2 Å². The highest BCUT2D eigenvalue weighted by atomic mass is 16.5. The molecular weight excluding hydrogens is 308 g/mol. The molecule has 1 heterocycles. The lowest BCUT2D eigenvalue weighted by molar-refractivity contribution is -0.118. The molecule has 0 aliphatic rings. The number of anilines is 1. The molecule has 2 amide bonds. The van der Waals surface area contributed by atoms with Crippen molar-refractivity contribution in [2.45, 2.75) is 20.3 Å². The molecule has 7 heteroatoms. The number of hydrogen-bond acceptors (Lipinski definition) is 4. The summed E-state index contributed by atoms with van der Waals surface area (Å²) < 4.78 is 6.94. The zero-order valence-electron chi connectivity index (χ0n) is 14.1. The van der Waals surface area contributed by atoms with Crippen LogP contribution in [-0.2, 0) is 11.8 Å². The van der Waals surface area contributed by atoms with E-state index in [0.29, 0.717) is 23.7 Å². The third kappa shape index (κ3) is 4.34. The molecule has 0 spiro atoms. The molecule has 0 saturated heterocycles. The number of aromatic nitrogens is 2. The van der Waals surface area contributed by atoms with Crippen LogP contribution in [0.2, 0.25) is 0 Å². The molecule has 0 aliphatic heterocycles. The number of benzene rings is 1. The molecule has 0 atom stereocenters. The zero-order valence-corrected chi connectivity index (χ0v) is 14.1. The normalized spacial score (nSPS) is 10.3. The first-order valence-corrected chi connectivity index (χ1v) is 7.81. The van der Waals surface area contributed by atoms with Crippen LogP contribution in [0.1, 0.15) is 29.4 Å². The monoisotopic (exact) mass is 330 g/mol. The summed E-state index contributed by atoms with van der Waals surface area (Å²) in [5.74, 6) is 0.0301. The molecule has 2 rings (SSSR count). The summed E-state index contributed by atoms with van der Waals surface area (Å²) in [5, 5.41) is 9.47. The SMILES string of the molecule is CCCNC(=O)c1c(NC(=O)COc2ccccc2C)cnn1C. The number of nitrogens with zero attached hydrogens (tertiary/aromatic N) is 2. The van der Waals surface area contributed by atoms with E-state index in [-0.39, 0.29) is 18.4 Å². The van der Waals surface area contributed by atoms with Gasteiger partial charge in [-0.25, -0.2) is 0 Å². The molecule has 2 aromatic rings. The summed E-state index contributed by atoms with van der Waals surface area (Å²) in [5.41, 5.74) is 1.63. The fourth-order valence-corrected chi connectivity index (χ4v) is 2.17. The van der Waals surface area contributed by atoms with Crippen molar-refractivity contribution in [3.05, 3.63) is 41.7 Å². The molecule has 0 radical (unpaired) electrons. The molecule has 0 unspecified atom stereocenters. The molecule has 0 bridgehead atoms. The van der Waals surface area contributed by atoms with Gasteiger partial charge in [0.05, 0.1) is 11.9 Å². The smallest absolute Gasteiger partial charge is 0.271 e. The minimum absolute atomic E-state index is 0.143. The number of carbonyl (C=O) groups is 2. The number of hydrogen-bond donors (Lipinski definition) is 2. The Morgan fingerprint density at radius 3 is 2.75 bits per heavy atom. The summed E-state index contributed by atoms with van der Waals surface area (Å²) in [6, 6.07) is 7.46. The van der Waals surface area contributed by atoms with E-state index in [1.54, 1.807) is 13.1 Å². The quantitative estimate of drug-likeness (QED) is 0.812. The molecular formula is C17H22N4O3. The van der Waals surface area contributed by atoms with Crippen molar-refractivity contribution in [2.75, 3.05) is 18.5 Å². The second kappa shape index (κ2) is 8.14. The van der Waals surface area contributed by atoms with E-state index in [2.05, 4.69) is 15.7 Å². The van der Waals surface area contributed by atoms with Crippen LogP contribution in [0.15, 0.2) is 30.5 Å². The molecule has 2 N–H and O–H groups in total. The Kier molecular flexibility index (Phi) is 5.95. The summed E-state index contributed by atoms with van der Waals surface area (Å²) in [6.45, 7) is 4.29. The number of nitrogens with one attached hydrogen (secondary N) is 2. The molecule has 24 heavy (non-hydrogen) atoms. The first-order valence-electron chi connectivity index (χ1n) is 7.81.